The average Bonchev–Trinajstić information content (AvgIpc) is 2.78. The van der Waals surface area contributed by atoms with Gasteiger partial charge in [0.15, 0.2) is 5.43 Å². The van der Waals surface area contributed by atoms with Crippen molar-refractivity contribution >= 4 is 11.0 Å². The van der Waals surface area contributed by atoms with Crippen LogP contribution in [0, 0.1) is 0 Å². The van der Waals surface area contributed by atoms with Gasteiger partial charge in [0.25, 0.3) is 0 Å². The van der Waals surface area contributed by atoms with Gasteiger partial charge in [-0.15, -0.1) is 0 Å². The Bertz CT molecular complexity index is 1180. The van der Waals surface area contributed by atoms with Crippen LogP contribution < -0.4 is 10.2 Å². The normalized spacial score (nSPS) is 25.7. The molecule has 0 radical (unpaired) electrons. The van der Waals surface area contributed by atoms with E-state index < -0.39 is 54.1 Å². The van der Waals surface area contributed by atoms with E-state index in [1.807, 2.05) is 0 Å². The third-order valence-corrected chi connectivity index (χ3v) is 5.56. The van der Waals surface area contributed by atoms with Gasteiger partial charge in [0, 0.05) is 17.7 Å². The van der Waals surface area contributed by atoms with E-state index in [0.29, 0.717) is 11.3 Å². The van der Waals surface area contributed by atoms with E-state index in [0.717, 1.165) is 12.1 Å². The molecule has 0 bridgehead atoms. The lowest BCUT2D eigenvalue weighted by molar-refractivity contribution is -0.232. The van der Waals surface area contributed by atoms with Crippen LogP contribution in [-0.2, 0) is 4.74 Å². The van der Waals surface area contributed by atoms with Crippen LogP contribution in [0.1, 0.15) is 11.7 Å². The summed E-state index contributed by atoms with van der Waals surface area (Å²) in [5.41, 5.74) is -0.562. The number of hydrogen-bond donors (Lipinski definition) is 6. The van der Waals surface area contributed by atoms with Gasteiger partial charge in [-0.05, 0) is 24.3 Å². The van der Waals surface area contributed by atoms with E-state index >= 15 is 0 Å². The van der Waals surface area contributed by atoms with Gasteiger partial charge < -0.3 is 44.5 Å². The fourth-order valence-electron chi connectivity index (χ4n) is 3.82. The highest BCUT2D eigenvalue weighted by molar-refractivity contribution is 5.88. The molecule has 5 atom stereocenters. The Kier molecular flexibility index (Phi) is 5.80. The molecule has 1 aliphatic rings. The third kappa shape index (κ3) is 3.57. The molecule has 0 amide bonds. The first-order chi connectivity index (χ1) is 15.3. The molecule has 0 spiro atoms. The number of aliphatic hydroxyl groups is 4. The Labute approximate surface area is 181 Å². The van der Waals surface area contributed by atoms with E-state index in [9.17, 15) is 35.4 Å². The van der Waals surface area contributed by atoms with Crippen LogP contribution in [0.15, 0.2) is 45.6 Å². The first-order valence-electron chi connectivity index (χ1n) is 9.74. The maximum absolute atomic E-state index is 12.8. The van der Waals surface area contributed by atoms with E-state index in [1.54, 1.807) is 24.3 Å². The molecule has 2 heterocycles. The van der Waals surface area contributed by atoms with Crippen LogP contribution in [0.2, 0.25) is 0 Å². The second-order valence-electron chi connectivity index (χ2n) is 7.48. The molecule has 10 heteroatoms. The van der Waals surface area contributed by atoms with Crippen LogP contribution in [-0.4, -0.2) is 68.8 Å². The van der Waals surface area contributed by atoms with Gasteiger partial charge in [-0.25, -0.2) is 0 Å². The zero-order chi connectivity index (χ0) is 23.2. The van der Waals surface area contributed by atoms with Crippen molar-refractivity contribution in [1.82, 2.24) is 0 Å². The zero-order valence-corrected chi connectivity index (χ0v) is 16.9. The Balaban J connectivity index is 1.83. The van der Waals surface area contributed by atoms with E-state index in [-0.39, 0.29) is 22.3 Å². The predicted molar refractivity (Wildman–Crippen MR) is 111 cm³/mol. The van der Waals surface area contributed by atoms with Crippen molar-refractivity contribution in [3.05, 3.63) is 52.2 Å². The summed E-state index contributed by atoms with van der Waals surface area (Å²) in [5, 5.41) is 60.8. The maximum atomic E-state index is 12.8. The first-order valence-corrected chi connectivity index (χ1v) is 9.74. The summed E-state index contributed by atoms with van der Waals surface area (Å²) in [6.45, 7) is -0.691. The lowest BCUT2D eigenvalue weighted by atomic mass is 9.89. The molecular weight excluding hydrogens is 424 g/mol. The fraction of sp³-hybridized carbons (Fsp3) is 0.318. The molecule has 1 saturated heterocycles. The zero-order valence-electron chi connectivity index (χ0n) is 16.9. The molecule has 4 rings (SSSR count). The second-order valence-corrected chi connectivity index (χ2v) is 7.48. The molecule has 0 saturated carbocycles. The maximum Gasteiger partial charge on any atom is 0.197 e. The molecule has 1 aromatic heterocycles. The number of aliphatic hydroxyl groups excluding tert-OH is 4. The molecule has 6 N–H and O–H groups in total. The molecule has 1 aliphatic heterocycles. The minimum atomic E-state index is -1.76. The number of ether oxygens (including phenoxy) is 2. The lowest BCUT2D eigenvalue weighted by Crippen LogP contribution is -2.55. The number of methoxy groups -OCH3 is 1. The number of hydrogen-bond acceptors (Lipinski definition) is 10. The molecule has 2 aromatic carbocycles. The fourth-order valence-corrected chi connectivity index (χ4v) is 3.82. The van der Waals surface area contributed by atoms with Crippen molar-refractivity contribution in [1.29, 1.82) is 0 Å². The summed E-state index contributed by atoms with van der Waals surface area (Å²) in [6, 6.07) is 8.95. The molecule has 32 heavy (non-hydrogen) atoms. The highest BCUT2D eigenvalue weighted by Crippen LogP contribution is 2.44. The Morgan fingerprint density at radius 1 is 1.00 bits per heavy atom. The molecule has 10 nitrogen and oxygen atoms in total. The van der Waals surface area contributed by atoms with E-state index in [2.05, 4.69) is 0 Å². The Hall–Kier alpha value is -3.15. The lowest BCUT2D eigenvalue weighted by Gasteiger charge is -2.40. The van der Waals surface area contributed by atoms with Crippen molar-refractivity contribution in [2.45, 2.75) is 30.5 Å². The minimum absolute atomic E-state index is 0.119. The summed E-state index contributed by atoms with van der Waals surface area (Å²) in [6.07, 6.45) is -7.90. The van der Waals surface area contributed by atoms with Crippen molar-refractivity contribution < 1.29 is 44.5 Å². The molecule has 0 unspecified atom stereocenters. The Morgan fingerprint density at radius 2 is 1.69 bits per heavy atom. The van der Waals surface area contributed by atoms with Crippen molar-refractivity contribution in [2.75, 3.05) is 13.7 Å². The Morgan fingerprint density at radius 3 is 2.31 bits per heavy atom. The molecular formula is C22H22O10. The number of fused-ring (bicyclic) bond motifs is 1. The number of phenolic OH excluding ortho intramolecular Hbond substituents is 2. The topological polar surface area (TPSA) is 170 Å². The summed E-state index contributed by atoms with van der Waals surface area (Å²) in [4.78, 5) is 12.8. The third-order valence-electron chi connectivity index (χ3n) is 5.56. The average molecular weight is 446 g/mol. The van der Waals surface area contributed by atoms with E-state index in [1.165, 1.54) is 7.11 Å². The largest absolute Gasteiger partial charge is 0.507 e. The highest BCUT2D eigenvalue weighted by Gasteiger charge is 2.46. The van der Waals surface area contributed by atoms with Gasteiger partial charge in [-0.3, -0.25) is 4.79 Å². The van der Waals surface area contributed by atoms with Crippen LogP contribution in [0.3, 0.4) is 0 Å². The number of benzene rings is 2. The van der Waals surface area contributed by atoms with Crippen LogP contribution in [0.5, 0.6) is 17.2 Å². The van der Waals surface area contributed by atoms with Gasteiger partial charge in [0.1, 0.15) is 64.5 Å². The smallest absolute Gasteiger partial charge is 0.197 e. The van der Waals surface area contributed by atoms with Crippen LogP contribution in [0.25, 0.3) is 22.3 Å². The molecule has 0 aliphatic carbocycles. The standard InChI is InChI=1S/C22H22O10/c1-30-10-4-2-9(3-5-10)13-6-11(24)16-14(31-13)7-12(25)17(19(16)27)22-21(29)20(28)18(26)15(8-23)32-22/h2-7,15,18,20-23,25-29H,8H2,1H3/t15-,18+,20+,21+,22+/m1/s1. The molecule has 170 valence electrons. The van der Waals surface area contributed by atoms with E-state index in [4.69, 9.17) is 13.9 Å². The summed E-state index contributed by atoms with van der Waals surface area (Å²) in [7, 11) is 1.52. The van der Waals surface area contributed by atoms with Gasteiger partial charge in [-0.2, -0.15) is 0 Å². The number of rotatable bonds is 4. The van der Waals surface area contributed by atoms with Gasteiger partial charge in [0.05, 0.1) is 19.3 Å². The van der Waals surface area contributed by atoms with Crippen molar-refractivity contribution in [3.63, 3.8) is 0 Å². The molecule has 3 aromatic rings. The monoisotopic (exact) mass is 446 g/mol. The van der Waals surface area contributed by atoms with Gasteiger partial charge in [0.2, 0.25) is 0 Å². The summed E-state index contributed by atoms with van der Waals surface area (Å²) < 4.78 is 16.2. The highest BCUT2D eigenvalue weighted by atomic mass is 16.5. The summed E-state index contributed by atoms with van der Waals surface area (Å²) >= 11 is 0. The number of aromatic hydroxyl groups is 2. The van der Waals surface area contributed by atoms with Crippen molar-refractivity contribution in [2.24, 2.45) is 0 Å². The van der Waals surface area contributed by atoms with Gasteiger partial charge in [-0.1, -0.05) is 0 Å². The van der Waals surface area contributed by atoms with Crippen LogP contribution in [0.4, 0.5) is 0 Å². The first kappa shape index (κ1) is 22.1. The summed E-state index contributed by atoms with van der Waals surface area (Å²) in [5.74, 6) is -0.491. The molecule has 1 fully saturated rings. The SMILES string of the molecule is COc1ccc(-c2cc(=O)c3c(O)c([C@@H]4O[C@H](CO)[C@H](O)[C@H](O)[C@@H]4O)c(O)cc3o2)cc1. The minimum Gasteiger partial charge on any atom is -0.507 e. The second kappa shape index (κ2) is 8.41. The van der Waals surface area contributed by atoms with Gasteiger partial charge >= 0.3 is 0 Å². The number of phenols is 2. The predicted octanol–water partition coefficient (Wildman–Crippen LogP) is 0.395. The quantitative estimate of drug-likeness (QED) is 0.330. The van der Waals surface area contributed by atoms with Crippen LogP contribution >= 0.6 is 0 Å². The van der Waals surface area contributed by atoms with Crippen molar-refractivity contribution in [3.8, 4) is 28.6 Å².